The van der Waals surface area contributed by atoms with Crippen molar-refractivity contribution in [3.05, 3.63) is 150 Å². The van der Waals surface area contributed by atoms with Crippen molar-refractivity contribution in [3.63, 3.8) is 0 Å². The number of fused-ring (bicyclic) bond motifs is 3. The third-order valence-electron chi connectivity index (χ3n) is 10.9. The molecular weight excluding hydrogens is 680 g/mol. The molecule has 0 radical (unpaired) electrons. The monoisotopic (exact) mass is 738 g/mol. The van der Waals surface area contributed by atoms with Gasteiger partial charge in [0.15, 0.2) is 0 Å². The summed E-state index contributed by atoms with van der Waals surface area (Å²) in [4.78, 5) is 0. The molecule has 2 aliphatic carbocycles. The van der Waals surface area contributed by atoms with Crippen LogP contribution >= 0.6 is 0 Å². The molecule has 0 N–H and O–H groups in total. The molecule has 2 aliphatic rings. The van der Waals surface area contributed by atoms with E-state index in [0.29, 0.717) is 3.63 Å². The molecule has 0 nitrogen and oxygen atoms in total. The first-order valence-electron chi connectivity index (χ1n) is 18.8. The fourth-order valence-corrected chi connectivity index (χ4v) is 17.2. The first-order valence-corrected chi connectivity index (χ1v) is 22.7. The van der Waals surface area contributed by atoms with Crippen molar-refractivity contribution in [1.29, 1.82) is 0 Å². The Bertz CT molecular complexity index is 1900. The molecule has 0 saturated carbocycles. The average molecular weight is 740 g/mol. The Balaban J connectivity index is 1.84. The van der Waals surface area contributed by atoms with Gasteiger partial charge in [-0.15, -0.1) is 0 Å². The summed E-state index contributed by atoms with van der Waals surface area (Å²) in [6.07, 6.45) is 8.31. The van der Waals surface area contributed by atoms with Crippen LogP contribution in [0.2, 0.25) is 0 Å². The first kappa shape index (κ1) is 36.9. The van der Waals surface area contributed by atoms with Gasteiger partial charge in [0.2, 0.25) is 0 Å². The van der Waals surface area contributed by atoms with E-state index in [1.807, 2.05) is 0 Å². The van der Waals surface area contributed by atoms with Crippen LogP contribution in [0.15, 0.2) is 94.3 Å². The minimum atomic E-state index is -2.85. The second-order valence-electron chi connectivity index (χ2n) is 19.2. The Morgan fingerprint density at radius 3 is 1.20 bits per heavy atom. The van der Waals surface area contributed by atoms with Crippen LogP contribution in [0.4, 0.5) is 0 Å². The van der Waals surface area contributed by atoms with Gasteiger partial charge in [0.25, 0.3) is 0 Å². The van der Waals surface area contributed by atoms with Crippen molar-refractivity contribution in [2.45, 2.75) is 129 Å². The van der Waals surface area contributed by atoms with Crippen molar-refractivity contribution in [2.24, 2.45) is 0 Å². The van der Waals surface area contributed by atoms with Crippen LogP contribution in [-0.4, -0.2) is 3.21 Å². The Morgan fingerprint density at radius 1 is 0.520 bits per heavy atom. The molecule has 0 bridgehead atoms. The zero-order chi connectivity index (χ0) is 36.6. The number of hydrogen-bond donors (Lipinski definition) is 0. The molecule has 6 rings (SSSR count). The van der Waals surface area contributed by atoms with Crippen LogP contribution in [0, 0.1) is 13.8 Å². The van der Waals surface area contributed by atoms with Gasteiger partial charge in [0.1, 0.15) is 0 Å². The van der Waals surface area contributed by atoms with Crippen LogP contribution in [0.1, 0.15) is 149 Å². The van der Waals surface area contributed by atoms with Crippen molar-refractivity contribution < 1.29 is 21.3 Å². The molecule has 260 valence electrons. The predicted molar refractivity (Wildman–Crippen MR) is 216 cm³/mol. The van der Waals surface area contributed by atoms with E-state index < -0.39 is 21.3 Å². The minimum absolute atomic E-state index is 0.0300. The summed E-state index contributed by atoms with van der Waals surface area (Å²) in [7, 11) is 0. The van der Waals surface area contributed by atoms with Crippen molar-refractivity contribution >= 4 is 3.21 Å². The molecule has 0 fully saturated rings. The SMILES string of the molecule is Cc1ccc([C](c2ccc(C)cc2)=[Zr]([C]2=CC=CC2)[CH]2c3cc(C(C)(C)C)c(C(C)(C)C)cc3-c3cc(C(C)(C)C)c(C(C)(C)C)cc32)cc1. The molecular formula is C49H60Zr. The molecule has 0 amide bonds. The van der Waals surface area contributed by atoms with E-state index in [2.05, 4.69) is 188 Å². The second-order valence-corrected chi connectivity index (χ2v) is 25.5. The van der Waals surface area contributed by atoms with Crippen LogP contribution in [0.3, 0.4) is 0 Å². The molecule has 0 saturated heterocycles. The van der Waals surface area contributed by atoms with E-state index in [4.69, 9.17) is 0 Å². The van der Waals surface area contributed by atoms with E-state index in [9.17, 15) is 0 Å². The normalized spacial score (nSPS) is 14.9. The summed E-state index contributed by atoms with van der Waals surface area (Å²) in [6, 6.07) is 29.6. The Morgan fingerprint density at radius 2 is 0.880 bits per heavy atom. The van der Waals surface area contributed by atoms with Crippen LogP contribution in [-0.2, 0) is 42.9 Å². The topological polar surface area (TPSA) is 0 Å². The number of benzene rings is 4. The summed E-state index contributed by atoms with van der Waals surface area (Å²) >= 11 is -2.85. The van der Waals surface area contributed by atoms with E-state index in [1.165, 1.54) is 55.6 Å². The fraction of sp³-hybridized carbons (Fsp3) is 0.408. The maximum atomic E-state index is 2.69. The molecule has 1 heteroatoms. The summed E-state index contributed by atoms with van der Waals surface area (Å²) in [5.74, 6) is 0. The molecule has 0 aliphatic heterocycles. The third kappa shape index (κ3) is 6.98. The first-order chi connectivity index (χ1) is 23.2. The van der Waals surface area contributed by atoms with Gasteiger partial charge in [0, 0.05) is 0 Å². The molecule has 0 heterocycles. The average Bonchev–Trinajstić information content (AvgIpc) is 3.65. The van der Waals surface area contributed by atoms with Crippen LogP contribution in [0.5, 0.6) is 0 Å². The number of allylic oxidation sites excluding steroid dienone is 4. The summed E-state index contributed by atoms with van der Waals surface area (Å²) in [6.45, 7) is 33.3. The van der Waals surface area contributed by atoms with E-state index in [-0.39, 0.29) is 21.7 Å². The molecule has 0 aromatic heterocycles. The Labute approximate surface area is 312 Å². The van der Waals surface area contributed by atoms with Gasteiger partial charge >= 0.3 is 314 Å². The molecule has 50 heavy (non-hydrogen) atoms. The van der Waals surface area contributed by atoms with E-state index in [1.54, 1.807) is 17.6 Å². The summed E-state index contributed by atoms with van der Waals surface area (Å²) in [5.41, 5.74) is 17.6. The van der Waals surface area contributed by atoms with Crippen molar-refractivity contribution in [2.75, 3.05) is 0 Å². The van der Waals surface area contributed by atoms with Gasteiger partial charge in [-0.05, 0) is 0 Å². The molecule has 0 atom stereocenters. The van der Waals surface area contributed by atoms with Crippen molar-refractivity contribution in [3.8, 4) is 11.1 Å². The van der Waals surface area contributed by atoms with Crippen LogP contribution < -0.4 is 0 Å². The summed E-state index contributed by atoms with van der Waals surface area (Å²) in [5, 5.41) is 0. The zero-order valence-electron chi connectivity index (χ0n) is 33.4. The third-order valence-corrected chi connectivity index (χ3v) is 19.2. The van der Waals surface area contributed by atoms with Crippen LogP contribution in [0.25, 0.3) is 11.1 Å². The van der Waals surface area contributed by atoms with E-state index >= 15 is 0 Å². The number of hydrogen-bond acceptors (Lipinski definition) is 0. The standard InChI is InChI=1S/C29H41.C15H14.C5H5.Zr/c1-26(2,3)22-14-18-13-19-15-23(27(4,5)6)25(29(10,11)12)17-21(19)20(18)16-24(22)28(7,8)9;1-12-3-7-14(8-4-12)11-15-9-5-13(2)6-10-15;1-2-4-5-3-1;/h13-17H,1-12H3;3-10H,1-2H3;1-3H,4H2;. The van der Waals surface area contributed by atoms with Crippen molar-refractivity contribution in [1.82, 2.24) is 0 Å². The van der Waals surface area contributed by atoms with Gasteiger partial charge in [-0.1, -0.05) is 0 Å². The van der Waals surface area contributed by atoms with Gasteiger partial charge in [0.05, 0.1) is 0 Å². The molecule has 4 aromatic carbocycles. The molecule has 4 aromatic rings. The fourth-order valence-electron chi connectivity index (χ4n) is 8.19. The summed E-state index contributed by atoms with van der Waals surface area (Å²) < 4.78 is 3.69. The quantitative estimate of drug-likeness (QED) is 0.195. The predicted octanol–water partition coefficient (Wildman–Crippen LogP) is 13.3. The second kappa shape index (κ2) is 13.0. The molecule has 0 spiro atoms. The van der Waals surface area contributed by atoms with Gasteiger partial charge in [-0.25, -0.2) is 0 Å². The zero-order valence-corrected chi connectivity index (χ0v) is 35.9. The maximum absolute atomic E-state index is 2.85. The Kier molecular flexibility index (Phi) is 9.56. The Hall–Kier alpha value is -2.89. The van der Waals surface area contributed by atoms with Gasteiger partial charge in [-0.2, -0.15) is 0 Å². The van der Waals surface area contributed by atoms with E-state index in [0.717, 1.165) is 6.42 Å². The van der Waals surface area contributed by atoms with Gasteiger partial charge < -0.3 is 0 Å². The number of aryl methyl sites for hydroxylation is 2. The number of rotatable bonds is 4. The molecule has 0 unspecified atom stereocenters. The van der Waals surface area contributed by atoms with Gasteiger partial charge in [-0.3, -0.25) is 0 Å².